The highest BCUT2D eigenvalue weighted by Crippen LogP contribution is 2.20. The third-order valence-corrected chi connectivity index (χ3v) is 2.81. The molecule has 2 rings (SSSR count). The number of aliphatic carboxylic acids is 1. The first-order chi connectivity index (χ1) is 9.19. The maximum atomic E-state index is 10.7. The molecule has 0 saturated heterocycles. The molecule has 0 saturated carbocycles. The van der Waals surface area contributed by atoms with Crippen LogP contribution < -0.4 is 0 Å². The van der Waals surface area contributed by atoms with Crippen molar-refractivity contribution in [2.24, 2.45) is 0 Å². The number of likely N-dealkylation sites (N-methyl/N-ethyl adjacent to an activating group) is 1. The molecule has 2 aromatic rings. The number of benzene rings is 1. The number of rotatable bonds is 6. The molecule has 0 amide bonds. The summed E-state index contributed by atoms with van der Waals surface area (Å²) >= 11 is 0. The van der Waals surface area contributed by atoms with E-state index in [1.165, 1.54) is 0 Å². The van der Waals surface area contributed by atoms with Crippen molar-refractivity contribution in [1.82, 2.24) is 10.1 Å². The van der Waals surface area contributed by atoms with Crippen LogP contribution in [0.2, 0.25) is 0 Å². The second-order valence-electron chi connectivity index (χ2n) is 4.25. The first-order valence-corrected chi connectivity index (χ1v) is 6.14. The Morgan fingerprint density at radius 1 is 1.37 bits per heavy atom. The molecule has 0 aliphatic rings. The van der Waals surface area contributed by atoms with Crippen LogP contribution in [0.25, 0.3) is 11.3 Å². The average Bonchev–Trinajstić information content (AvgIpc) is 2.87. The van der Waals surface area contributed by atoms with Crippen LogP contribution in [0.1, 0.15) is 12.6 Å². The Morgan fingerprint density at radius 2 is 2.11 bits per heavy atom. The summed E-state index contributed by atoms with van der Waals surface area (Å²) < 4.78 is 5.28. The Kier molecular flexibility index (Phi) is 4.30. The molecule has 0 fully saturated rings. The van der Waals surface area contributed by atoms with Crippen LogP contribution >= 0.6 is 0 Å². The zero-order valence-corrected chi connectivity index (χ0v) is 10.7. The van der Waals surface area contributed by atoms with Crippen LogP contribution in [0.15, 0.2) is 40.9 Å². The van der Waals surface area contributed by atoms with Crippen molar-refractivity contribution in [3.63, 3.8) is 0 Å². The smallest absolute Gasteiger partial charge is 0.317 e. The Bertz CT molecular complexity index is 537. The van der Waals surface area contributed by atoms with Crippen LogP contribution in [0.3, 0.4) is 0 Å². The second kappa shape index (κ2) is 6.15. The molecule has 1 heterocycles. The van der Waals surface area contributed by atoms with Gasteiger partial charge in [-0.05, 0) is 6.54 Å². The molecule has 0 aliphatic heterocycles. The van der Waals surface area contributed by atoms with Gasteiger partial charge < -0.3 is 9.63 Å². The van der Waals surface area contributed by atoms with Gasteiger partial charge >= 0.3 is 5.97 Å². The van der Waals surface area contributed by atoms with E-state index in [4.69, 9.17) is 9.63 Å². The summed E-state index contributed by atoms with van der Waals surface area (Å²) in [6, 6.07) is 11.5. The number of aromatic nitrogens is 1. The Morgan fingerprint density at radius 3 is 2.74 bits per heavy atom. The van der Waals surface area contributed by atoms with Gasteiger partial charge in [0.25, 0.3) is 0 Å². The molecule has 5 heteroatoms. The van der Waals surface area contributed by atoms with E-state index in [0.29, 0.717) is 18.8 Å². The zero-order valence-electron chi connectivity index (χ0n) is 10.7. The summed E-state index contributed by atoms with van der Waals surface area (Å²) in [5.74, 6) is -0.143. The molecule has 19 heavy (non-hydrogen) atoms. The standard InChI is InChI=1S/C14H16N2O3/c1-2-16(10-14(17)18)9-12-8-13(19-15-12)11-6-4-3-5-7-11/h3-8H,2,9-10H2,1H3,(H,17,18). The summed E-state index contributed by atoms with van der Waals surface area (Å²) in [5.41, 5.74) is 1.70. The molecule has 1 aromatic heterocycles. The maximum Gasteiger partial charge on any atom is 0.317 e. The van der Waals surface area contributed by atoms with Gasteiger partial charge in [0.1, 0.15) is 0 Å². The number of hydrogen-bond donors (Lipinski definition) is 1. The highest BCUT2D eigenvalue weighted by molar-refractivity contribution is 5.69. The lowest BCUT2D eigenvalue weighted by atomic mass is 10.1. The van der Waals surface area contributed by atoms with E-state index < -0.39 is 5.97 Å². The van der Waals surface area contributed by atoms with Crippen molar-refractivity contribution in [3.05, 3.63) is 42.1 Å². The average molecular weight is 260 g/mol. The zero-order chi connectivity index (χ0) is 13.7. The summed E-state index contributed by atoms with van der Waals surface area (Å²) in [6.07, 6.45) is 0. The number of carbonyl (C=O) groups is 1. The van der Waals surface area contributed by atoms with Crippen LogP contribution in [0, 0.1) is 0 Å². The summed E-state index contributed by atoms with van der Waals surface area (Å²) in [7, 11) is 0. The van der Waals surface area contributed by atoms with Crippen LogP contribution in [0.4, 0.5) is 0 Å². The maximum absolute atomic E-state index is 10.7. The lowest BCUT2D eigenvalue weighted by Crippen LogP contribution is -2.29. The van der Waals surface area contributed by atoms with E-state index in [2.05, 4.69) is 5.16 Å². The fourth-order valence-corrected chi connectivity index (χ4v) is 1.82. The number of carboxylic acids is 1. The second-order valence-corrected chi connectivity index (χ2v) is 4.25. The summed E-state index contributed by atoms with van der Waals surface area (Å²) in [4.78, 5) is 12.5. The third kappa shape index (κ3) is 3.66. The Balaban J connectivity index is 2.07. The third-order valence-electron chi connectivity index (χ3n) is 2.81. The Hall–Kier alpha value is -2.14. The fourth-order valence-electron chi connectivity index (χ4n) is 1.82. The monoisotopic (exact) mass is 260 g/mol. The minimum absolute atomic E-state index is 0.00400. The SMILES string of the molecule is CCN(CC(=O)O)Cc1cc(-c2ccccc2)on1. The highest BCUT2D eigenvalue weighted by Gasteiger charge is 2.12. The molecule has 0 aliphatic carbocycles. The highest BCUT2D eigenvalue weighted by atomic mass is 16.5. The minimum Gasteiger partial charge on any atom is -0.480 e. The van der Waals surface area contributed by atoms with Crippen molar-refractivity contribution in [2.75, 3.05) is 13.1 Å². The number of nitrogens with zero attached hydrogens (tertiary/aromatic N) is 2. The van der Waals surface area contributed by atoms with Gasteiger partial charge in [0.15, 0.2) is 5.76 Å². The molecule has 0 radical (unpaired) electrons. The predicted molar refractivity (Wildman–Crippen MR) is 70.5 cm³/mol. The van der Waals surface area contributed by atoms with Gasteiger partial charge in [-0.3, -0.25) is 9.69 Å². The van der Waals surface area contributed by atoms with Crippen molar-refractivity contribution < 1.29 is 14.4 Å². The van der Waals surface area contributed by atoms with Crippen molar-refractivity contribution in [3.8, 4) is 11.3 Å². The molecular weight excluding hydrogens is 244 g/mol. The number of hydrogen-bond acceptors (Lipinski definition) is 4. The molecule has 0 bridgehead atoms. The molecule has 100 valence electrons. The molecule has 5 nitrogen and oxygen atoms in total. The van der Waals surface area contributed by atoms with Gasteiger partial charge in [-0.1, -0.05) is 42.4 Å². The van der Waals surface area contributed by atoms with E-state index in [-0.39, 0.29) is 6.54 Å². The van der Waals surface area contributed by atoms with Gasteiger partial charge in [0.2, 0.25) is 0 Å². The molecule has 1 N–H and O–H groups in total. The van der Waals surface area contributed by atoms with E-state index in [0.717, 1.165) is 11.3 Å². The van der Waals surface area contributed by atoms with Gasteiger partial charge in [-0.2, -0.15) is 0 Å². The van der Waals surface area contributed by atoms with E-state index >= 15 is 0 Å². The minimum atomic E-state index is -0.839. The fraction of sp³-hybridized carbons (Fsp3) is 0.286. The first-order valence-electron chi connectivity index (χ1n) is 6.14. The van der Waals surface area contributed by atoms with Gasteiger partial charge in [0.05, 0.1) is 12.2 Å². The van der Waals surface area contributed by atoms with Gasteiger partial charge in [-0.15, -0.1) is 0 Å². The Labute approximate surface area is 111 Å². The normalized spacial score (nSPS) is 10.8. The van der Waals surface area contributed by atoms with Crippen LogP contribution in [-0.4, -0.2) is 34.2 Å². The molecular formula is C14H16N2O3. The first kappa shape index (κ1) is 13.3. The van der Waals surface area contributed by atoms with Crippen molar-refractivity contribution in [1.29, 1.82) is 0 Å². The largest absolute Gasteiger partial charge is 0.480 e. The lowest BCUT2D eigenvalue weighted by Gasteiger charge is -2.15. The van der Waals surface area contributed by atoms with Gasteiger partial charge in [-0.25, -0.2) is 0 Å². The van der Waals surface area contributed by atoms with Crippen molar-refractivity contribution >= 4 is 5.97 Å². The summed E-state index contributed by atoms with van der Waals surface area (Å²) in [5, 5.41) is 12.8. The van der Waals surface area contributed by atoms with Crippen LogP contribution in [0.5, 0.6) is 0 Å². The molecule has 0 spiro atoms. The molecule has 1 aromatic carbocycles. The van der Waals surface area contributed by atoms with E-state index in [1.54, 1.807) is 4.90 Å². The van der Waals surface area contributed by atoms with E-state index in [9.17, 15) is 4.79 Å². The number of carboxylic acid groups (broad SMARTS) is 1. The van der Waals surface area contributed by atoms with Crippen LogP contribution in [-0.2, 0) is 11.3 Å². The summed E-state index contributed by atoms with van der Waals surface area (Å²) in [6.45, 7) is 3.05. The van der Waals surface area contributed by atoms with E-state index in [1.807, 2.05) is 43.3 Å². The quantitative estimate of drug-likeness (QED) is 0.862. The topological polar surface area (TPSA) is 66.6 Å². The van der Waals surface area contributed by atoms with Crippen molar-refractivity contribution in [2.45, 2.75) is 13.5 Å². The molecule has 0 unspecified atom stereocenters. The predicted octanol–water partition coefficient (Wildman–Crippen LogP) is 2.25. The lowest BCUT2D eigenvalue weighted by molar-refractivity contribution is -0.138. The molecule has 0 atom stereocenters. The van der Waals surface area contributed by atoms with Gasteiger partial charge in [0, 0.05) is 18.2 Å².